The van der Waals surface area contributed by atoms with Crippen LogP contribution in [0.3, 0.4) is 0 Å². The van der Waals surface area contributed by atoms with Gasteiger partial charge in [0, 0.05) is 0 Å². The van der Waals surface area contributed by atoms with Crippen LogP contribution in [0.5, 0.6) is 0 Å². The second-order valence-electron chi connectivity index (χ2n) is 4.87. The largest absolute Gasteiger partial charge is 0.479 e. The van der Waals surface area contributed by atoms with Crippen molar-refractivity contribution in [3.8, 4) is 0 Å². The number of hydrogen-bond acceptors (Lipinski definition) is 7. The van der Waals surface area contributed by atoms with E-state index in [0.29, 0.717) is 5.56 Å². The molecule has 1 aromatic rings. The first-order chi connectivity index (χ1) is 11.9. The molecule has 1 aromatic carbocycles. The van der Waals surface area contributed by atoms with Crippen LogP contribution >= 0.6 is 0 Å². The van der Waals surface area contributed by atoms with Crippen molar-refractivity contribution in [3.63, 3.8) is 0 Å². The van der Waals surface area contributed by atoms with Crippen molar-refractivity contribution in [3.05, 3.63) is 35.9 Å². The van der Waals surface area contributed by atoms with Gasteiger partial charge in [0.05, 0.1) is 20.1 Å². The van der Waals surface area contributed by atoms with Gasteiger partial charge in [0.2, 0.25) is 5.54 Å². The first-order valence-corrected chi connectivity index (χ1v) is 7.32. The molecule has 9 heteroatoms. The van der Waals surface area contributed by atoms with Gasteiger partial charge in [-0.1, -0.05) is 30.3 Å². The number of benzene rings is 1. The Morgan fingerprint density at radius 1 is 1.12 bits per heavy atom. The van der Waals surface area contributed by atoms with E-state index in [2.05, 4.69) is 9.47 Å². The lowest BCUT2D eigenvalue weighted by atomic mass is 9.95. The van der Waals surface area contributed by atoms with E-state index in [1.807, 2.05) is 5.32 Å². The van der Waals surface area contributed by atoms with Gasteiger partial charge in [0.1, 0.15) is 6.61 Å². The van der Waals surface area contributed by atoms with Crippen molar-refractivity contribution < 1.29 is 38.5 Å². The van der Waals surface area contributed by atoms with Crippen molar-refractivity contribution in [2.75, 3.05) is 13.7 Å². The lowest BCUT2D eigenvalue weighted by Gasteiger charge is -2.26. The number of rotatable bonds is 8. The molecule has 0 aromatic heterocycles. The summed E-state index contributed by atoms with van der Waals surface area (Å²) in [6, 6.07) is 8.62. The average molecular weight is 353 g/mol. The Kier molecular flexibility index (Phi) is 7.39. The van der Waals surface area contributed by atoms with Crippen molar-refractivity contribution in [2.45, 2.75) is 25.5 Å². The maximum absolute atomic E-state index is 12.1. The Labute approximate surface area is 143 Å². The molecular weight excluding hydrogens is 334 g/mol. The lowest BCUT2D eigenvalue weighted by molar-refractivity contribution is -0.167. The number of carboxylic acid groups (broad SMARTS) is 1. The number of nitrogens with one attached hydrogen (secondary N) is 1. The Bertz CT molecular complexity index is 630. The van der Waals surface area contributed by atoms with Gasteiger partial charge in [-0.3, -0.25) is 10.1 Å². The third kappa shape index (κ3) is 5.48. The summed E-state index contributed by atoms with van der Waals surface area (Å²) >= 11 is 0. The molecule has 0 spiro atoms. The van der Waals surface area contributed by atoms with Crippen molar-refractivity contribution in [1.82, 2.24) is 5.32 Å². The molecule has 0 bridgehead atoms. The molecule has 9 nitrogen and oxygen atoms in total. The predicted octanol–water partition coefficient (Wildman–Crippen LogP) is 0.862. The molecule has 2 N–H and O–H groups in total. The Hall–Kier alpha value is -3.10. The van der Waals surface area contributed by atoms with Crippen LogP contribution in [0, 0.1) is 0 Å². The number of carboxylic acids is 1. The molecule has 0 heterocycles. The minimum Gasteiger partial charge on any atom is -0.479 e. The molecule has 0 unspecified atom stereocenters. The maximum atomic E-state index is 12.1. The van der Waals surface area contributed by atoms with Crippen LogP contribution in [0.25, 0.3) is 0 Å². The minimum atomic E-state index is -2.64. The topological polar surface area (TPSA) is 128 Å². The third-order valence-corrected chi connectivity index (χ3v) is 3.15. The van der Waals surface area contributed by atoms with E-state index in [1.165, 1.54) is 6.92 Å². The smallest absolute Gasteiger partial charge is 0.408 e. The summed E-state index contributed by atoms with van der Waals surface area (Å²) in [7, 11) is 1.02. The highest BCUT2D eigenvalue weighted by Crippen LogP contribution is 2.16. The van der Waals surface area contributed by atoms with Crippen LogP contribution in [-0.2, 0) is 35.2 Å². The molecule has 25 heavy (non-hydrogen) atoms. The van der Waals surface area contributed by atoms with Crippen LogP contribution in [0.4, 0.5) is 4.79 Å². The highest BCUT2D eigenvalue weighted by Gasteiger charge is 2.52. The summed E-state index contributed by atoms with van der Waals surface area (Å²) in [6.45, 7) is 1.16. The zero-order valence-electron chi connectivity index (χ0n) is 13.8. The predicted molar refractivity (Wildman–Crippen MR) is 83.4 cm³/mol. The van der Waals surface area contributed by atoms with Gasteiger partial charge in [0.25, 0.3) is 0 Å². The number of hydrogen-bond donors (Lipinski definition) is 2. The minimum absolute atomic E-state index is 0.143. The number of aliphatic carboxylic acids is 1. The molecule has 1 rings (SSSR count). The van der Waals surface area contributed by atoms with Gasteiger partial charge < -0.3 is 19.3 Å². The van der Waals surface area contributed by atoms with Crippen LogP contribution in [0.15, 0.2) is 30.3 Å². The fourth-order valence-corrected chi connectivity index (χ4v) is 1.86. The van der Waals surface area contributed by atoms with Crippen LogP contribution < -0.4 is 5.32 Å². The normalized spacial score (nSPS) is 12.4. The first kappa shape index (κ1) is 19.9. The Morgan fingerprint density at radius 2 is 1.76 bits per heavy atom. The molecule has 0 aliphatic heterocycles. The van der Waals surface area contributed by atoms with Crippen LogP contribution in [-0.4, -0.2) is 48.4 Å². The molecule has 0 saturated heterocycles. The third-order valence-electron chi connectivity index (χ3n) is 3.15. The van der Waals surface area contributed by atoms with Gasteiger partial charge >= 0.3 is 24.0 Å². The van der Waals surface area contributed by atoms with E-state index in [-0.39, 0.29) is 13.2 Å². The second kappa shape index (κ2) is 9.26. The SMILES string of the molecule is CCOC(=O)[C@](CC(=O)OC)(NC(=O)OCc1ccccc1)C(=O)O. The average Bonchev–Trinajstić information content (AvgIpc) is 2.60. The van der Waals surface area contributed by atoms with Gasteiger partial charge in [0.15, 0.2) is 0 Å². The van der Waals surface area contributed by atoms with Crippen molar-refractivity contribution >= 4 is 24.0 Å². The van der Waals surface area contributed by atoms with Gasteiger partial charge in [-0.2, -0.15) is 0 Å². The number of carbonyl (C=O) groups excluding carboxylic acids is 3. The highest BCUT2D eigenvalue weighted by atomic mass is 16.6. The molecule has 0 aliphatic carbocycles. The molecule has 0 radical (unpaired) electrons. The number of carbonyl (C=O) groups is 4. The molecular formula is C16H19NO8. The quantitative estimate of drug-likeness (QED) is 0.400. The molecule has 1 atom stereocenters. The van der Waals surface area contributed by atoms with Gasteiger partial charge in [-0.25, -0.2) is 14.4 Å². The lowest BCUT2D eigenvalue weighted by Crippen LogP contribution is -2.62. The summed E-state index contributed by atoms with van der Waals surface area (Å²) in [5.41, 5.74) is -1.99. The van der Waals surface area contributed by atoms with Crippen LogP contribution in [0.2, 0.25) is 0 Å². The molecule has 0 aliphatic rings. The molecule has 0 fully saturated rings. The highest BCUT2D eigenvalue weighted by molar-refractivity contribution is 6.09. The monoisotopic (exact) mass is 353 g/mol. The molecule has 1 amide bonds. The standard InChI is InChI=1S/C16H19NO8/c1-3-24-14(21)16(13(19)20,9-12(18)23-2)17-15(22)25-10-11-7-5-4-6-8-11/h4-8H,3,9-10H2,1-2H3,(H,17,22)(H,19,20)/t16-/m1/s1. The van der Waals surface area contributed by atoms with E-state index in [1.54, 1.807) is 30.3 Å². The fraction of sp³-hybridized carbons (Fsp3) is 0.375. The maximum Gasteiger partial charge on any atom is 0.408 e. The van der Waals surface area contributed by atoms with Gasteiger partial charge in [-0.05, 0) is 12.5 Å². The van der Waals surface area contributed by atoms with Crippen molar-refractivity contribution in [2.24, 2.45) is 0 Å². The molecule has 136 valence electrons. The van der Waals surface area contributed by atoms with E-state index in [0.717, 1.165) is 7.11 Å². The Morgan fingerprint density at radius 3 is 2.28 bits per heavy atom. The number of amides is 1. The Balaban J connectivity index is 2.93. The van der Waals surface area contributed by atoms with Crippen LogP contribution in [0.1, 0.15) is 18.9 Å². The van der Waals surface area contributed by atoms with E-state index in [9.17, 15) is 24.3 Å². The summed E-state index contributed by atoms with van der Waals surface area (Å²) < 4.78 is 14.0. The zero-order valence-corrected chi connectivity index (χ0v) is 13.8. The number of ether oxygens (including phenoxy) is 3. The number of alkyl carbamates (subject to hydrolysis) is 1. The fourth-order valence-electron chi connectivity index (χ4n) is 1.86. The number of methoxy groups -OCH3 is 1. The summed E-state index contributed by atoms with van der Waals surface area (Å²) in [6.07, 6.45) is -2.14. The van der Waals surface area contributed by atoms with E-state index < -0.39 is 36.0 Å². The van der Waals surface area contributed by atoms with Crippen molar-refractivity contribution in [1.29, 1.82) is 0 Å². The van der Waals surface area contributed by atoms with E-state index in [4.69, 9.17) is 4.74 Å². The first-order valence-electron chi connectivity index (χ1n) is 7.32. The van der Waals surface area contributed by atoms with E-state index >= 15 is 0 Å². The zero-order chi connectivity index (χ0) is 18.9. The summed E-state index contributed by atoms with van der Waals surface area (Å²) in [5, 5.41) is 11.3. The number of esters is 2. The second-order valence-corrected chi connectivity index (χ2v) is 4.87. The van der Waals surface area contributed by atoms with Gasteiger partial charge in [-0.15, -0.1) is 0 Å². The summed E-state index contributed by atoms with van der Waals surface area (Å²) in [4.78, 5) is 47.2. The molecule has 0 saturated carbocycles. The summed E-state index contributed by atoms with van der Waals surface area (Å²) in [5.74, 6) is -4.09.